The van der Waals surface area contributed by atoms with Crippen LogP contribution >= 0.6 is 0 Å². The molecular weight excluding hydrogens is 609 g/mol. The number of pyridine rings is 1. The van der Waals surface area contributed by atoms with Crippen molar-refractivity contribution < 1.29 is 4.42 Å². The standard InChI is InChI=1S/C47H30N2O/c1-2-8-31(9-3-1)32-16-21-38(22-17-32)49(47-43-30-48-27-26-37(43)29-45-46(47)42-12-6-7-13-44(42)50-45)39-23-18-33(19-24-39)35-20-25-41-36(28-35)15-14-34-10-4-5-11-40(34)41/h1-30H. The molecule has 0 aliphatic heterocycles. The van der Waals surface area contributed by atoms with Gasteiger partial charge >= 0.3 is 0 Å². The average molecular weight is 639 g/mol. The third-order valence-electron chi connectivity index (χ3n) is 9.92. The van der Waals surface area contributed by atoms with Gasteiger partial charge in [0.15, 0.2) is 0 Å². The highest BCUT2D eigenvalue weighted by molar-refractivity contribution is 6.21. The molecular formula is C47H30N2O. The smallest absolute Gasteiger partial charge is 0.138 e. The molecule has 8 aromatic carbocycles. The molecule has 234 valence electrons. The lowest BCUT2D eigenvalue weighted by Gasteiger charge is -2.28. The van der Waals surface area contributed by atoms with Crippen molar-refractivity contribution in [1.82, 2.24) is 4.98 Å². The van der Waals surface area contributed by atoms with Gasteiger partial charge < -0.3 is 9.32 Å². The van der Waals surface area contributed by atoms with E-state index in [9.17, 15) is 0 Å². The van der Waals surface area contributed by atoms with Crippen LogP contribution in [0.2, 0.25) is 0 Å². The van der Waals surface area contributed by atoms with Gasteiger partial charge in [0, 0.05) is 34.5 Å². The molecule has 3 nitrogen and oxygen atoms in total. The SMILES string of the molecule is c1ccc(-c2ccc(N(c3ccc(-c4ccc5c(ccc6ccccc65)c4)cc3)c3c4cnccc4cc4oc5ccccc5c34)cc2)cc1. The van der Waals surface area contributed by atoms with Gasteiger partial charge in [-0.1, -0.05) is 121 Å². The molecule has 50 heavy (non-hydrogen) atoms. The van der Waals surface area contributed by atoms with Crippen LogP contribution in [0.15, 0.2) is 187 Å². The first kappa shape index (κ1) is 28.3. The third-order valence-corrected chi connectivity index (χ3v) is 9.92. The fraction of sp³-hybridized carbons (Fsp3) is 0. The van der Waals surface area contributed by atoms with Crippen molar-refractivity contribution in [2.75, 3.05) is 4.90 Å². The number of aromatic nitrogens is 1. The molecule has 0 unspecified atom stereocenters. The Kier molecular flexibility index (Phi) is 6.49. The van der Waals surface area contributed by atoms with Gasteiger partial charge in [0.05, 0.1) is 11.1 Å². The van der Waals surface area contributed by atoms with Crippen molar-refractivity contribution in [3.8, 4) is 22.3 Å². The van der Waals surface area contributed by atoms with Gasteiger partial charge in [0.25, 0.3) is 0 Å². The van der Waals surface area contributed by atoms with Crippen LogP contribution in [-0.4, -0.2) is 4.98 Å². The summed E-state index contributed by atoms with van der Waals surface area (Å²) in [6.07, 6.45) is 3.82. The van der Waals surface area contributed by atoms with E-state index in [0.29, 0.717) is 0 Å². The van der Waals surface area contributed by atoms with E-state index in [0.717, 1.165) is 49.8 Å². The number of furan rings is 1. The number of hydrogen-bond donors (Lipinski definition) is 0. The summed E-state index contributed by atoms with van der Waals surface area (Å²) in [4.78, 5) is 6.97. The van der Waals surface area contributed by atoms with E-state index in [1.165, 1.54) is 43.8 Å². The molecule has 2 aromatic heterocycles. The Labute approximate surface area is 289 Å². The van der Waals surface area contributed by atoms with Crippen molar-refractivity contribution >= 4 is 71.3 Å². The first-order valence-corrected chi connectivity index (χ1v) is 16.9. The Balaban J connectivity index is 1.16. The van der Waals surface area contributed by atoms with E-state index in [2.05, 4.69) is 168 Å². The number of hydrogen-bond acceptors (Lipinski definition) is 3. The summed E-state index contributed by atoms with van der Waals surface area (Å²) in [5.41, 5.74) is 9.60. The molecule has 0 aliphatic rings. The minimum absolute atomic E-state index is 0.853. The van der Waals surface area contributed by atoms with Gasteiger partial charge in [-0.25, -0.2) is 0 Å². The molecule has 0 spiro atoms. The molecule has 0 amide bonds. The second kappa shape index (κ2) is 11.5. The topological polar surface area (TPSA) is 29.3 Å². The highest BCUT2D eigenvalue weighted by Gasteiger charge is 2.23. The van der Waals surface area contributed by atoms with Crippen LogP contribution in [-0.2, 0) is 0 Å². The summed E-state index contributed by atoms with van der Waals surface area (Å²) >= 11 is 0. The molecule has 2 heterocycles. The highest BCUT2D eigenvalue weighted by atomic mass is 16.3. The second-order valence-electron chi connectivity index (χ2n) is 12.8. The summed E-state index contributed by atoms with van der Waals surface area (Å²) in [6.45, 7) is 0. The fourth-order valence-corrected chi connectivity index (χ4v) is 7.48. The monoisotopic (exact) mass is 638 g/mol. The van der Waals surface area contributed by atoms with Gasteiger partial charge in [-0.2, -0.15) is 0 Å². The van der Waals surface area contributed by atoms with Crippen LogP contribution in [0, 0.1) is 0 Å². The first-order valence-electron chi connectivity index (χ1n) is 16.9. The van der Waals surface area contributed by atoms with Crippen LogP contribution in [0.1, 0.15) is 0 Å². The molecule has 0 fully saturated rings. The molecule has 0 aliphatic carbocycles. The van der Waals surface area contributed by atoms with E-state index in [1.807, 2.05) is 24.5 Å². The number of rotatable bonds is 5. The Morgan fingerprint density at radius 3 is 1.80 bits per heavy atom. The Morgan fingerprint density at radius 1 is 0.400 bits per heavy atom. The Hall–Kier alpha value is -6.71. The lowest BCUT2D eigenvalue weighted by molar-refractivity contribution is 0.669. The number of para-hydroxylation sites is 1. The van der Waals surface area contributed by atoms with Gasteiger partial charge in [-0.3, -0.25) is 4.98 Å². The lowest BCUT2D eigenvalue weighted by Crippen LogP contribution is -2.11. The maximum atomic E-state index is 6.49. The highest BCUT2D eigenvalue weighted by Crippen LogP contribution is 2.47. The van der Waals surface area contributed by atoms with E-state index in [-0.39, 0.29) is 0 Å². The molecule has 0 saturated heterocycles. The van der Waals surface area contributed by atoms with Crippen molar-refractivity contribution in [2.24, 2.45) is 0 Å². The lowest BCUT2D eigenvalue weighted by atomic mass is 9.97. The molecule has 0 atom stereocenters. The van der Waals surface area contributed by atoms with E-state index in [4.69, 9.17) is 4.42 Å². The van der Waals surface area contributed by atoms with Crippen molar-refractivity contribution in [3.63, 3.8) is 0 Å². The van der Waals surface area contributed by atoms with Crippen LogP contribution in [0.3, 0.4) is 0 Å². The molecule has 3 heteroatoms. The fourth-order valence-electron chi connectivity index (χ4n) is 7.48. The minimum atomic E-state index is 0.853. The third kappa shape index (κ3) is 4.63. The molecule has 0 N–H and O–H groups in total. The average Bonchev–Trinajstić information content (AvgIpc) is 3.56. The normalized spacial score (nSPS) is 11.6. The summed E-state index contributed by atoms with van der Waals surface area (Å²) in [6, 6.07) is 60.6. The van der Waals surface area contributed by atoms with Crippen LogP contribution in [0.25, 0.3) is 76.5 Å². The number of benzene rings is 8. The Morgan fingerprint density at radius 2 is 1.00 bits per heavy atom. The number of anilines is 3. The molecule has 10 rings (SSSR count). The predicted molar refractivity (Wildman–Crippen MR) is 210 cm³/mol. The minimum Gasteiger partial charge on any atom is -0.456 e. The van der Waals surface area contributed by atoms with Gasteiger partial charge in [-0.05, 0) is 97.7 Å². The van der Waals surface area contributed by atoms with Crippen LogP contribution in [0.5, 0.6) is 0 Å². The second-order valence-corrected chi connectivity index (χ2v) is 12.8. The van der Waals surface area contributed by atoms with Crippen molar-refractivity contribution in [3.05, 3.63) is 182 Å². The van der Waals surface area contributed by atoms with Crippen LogP contribution in [0.4, 0.5) is 17.1 Å². The predicted octanol–water partition coefficient (Wildman–Crippen LogP) is 13.2. The van der Waals surface area contributed by atoms with Gasteiger partial charge in [-0.15, -0.1) is 0 Å². The van der Waals surface area contributed by atoms with E-state index in [1.54, 1.807) is 0 Å². The van der Waals surface area contributed by atoms with Crippen LogP contribution < -0.4 is 4.90 Å². The number of fused-ring (bicyclic) bond motifs is 7. The molecule has 0 radical (unpaired) electrons. The summed E-state index contributed by atoms with van der Waals surface area (Å²) in [5.74, 6) is 0. The van der Waals surface area contributed by atoms with E-state index >= 15 is 0 Å². The Bertz CT molecular complexity index is 2850. The zero-order chi connectivity index (χ0) is 33.0. The first-order chi connectivity index (χ1) is 24.8. The summed E-state index contributed by atoms with van der Waals surface area (Å²) in [5, 5.41) is 9.34. The summed E-state index contributed by atoms with van der Waals surface area (Å²) < 4.78 is 6.49. The maximum absolute atomic E-state index is 6.49. The van der Waals surface area contributed by atoms with Crippen molar-refractivity contribution in [1.29, 1.82) is 0 Å². The van der Waals surface area contributed by atoms with Crippen molar-refractivity contribution in [2.45, 2.75) is 0 Å². The van der Waals surface area contributed by atoms with E-state index < -0.39 is 0 Å². The zero-order valence-electron chi connectivity index (χ0n) is 27.1. The molecule has 0 saturated carbocycles. The molecule has 0 bridgehead atoms. The van der Waals surface area contributed by atoms with Gasteiger partial charge in [0.2, 0.25) is 0 Å². The quantitative estimate of drug-likeness (QED) is 0.176. The van der Waals surface area contributed by atoms with Gasteiger partial charge in [0.1, 0.15) is 11.2 Å². The summed E-state index contributed by atoms with van der Waals surface area (Å²) in [7, 11) is 0. The number of nitrogens with zero attached hydrogens (tertiary/aromatic N) is 2. The largest absolute Gasteiger partial charge is 0.456 e. The molecule has 10 aromatic rings. The zero-order valence-corrected chi connectivity index (χ0v) is 27.1. The maximum Gasteiger partial charge on any atom is 0.138 e.